The summed E-state index contributed by atoms with van der Waals surface area (Å²) in [6.07, 6.45) is 3.98. The summed E-state index contributed by atoms with van der Waals surface area (Å²) in [7, 11) is 4.13. The molecule has 1 aliphatic rings. The minimum atomic E-state index is 0.880. The minimum absolute atomic E-state index is 0.880. The van der Waals surface area contributed by atoms with Crippen molar-refractivity contribution >= 4 is 16.6 Å². The lowest BCUT2D eigenvalue weighted by atomic mass is 10.1. The van der Waals surface area contributed by atoms with Crippen molar-refractivity contribution < 1.29 is 0 Å². The topological polar surface area (TPSA) is 47.2 Å². The number of likely N-dealkylation sites (N-methyl/N-ethyl adjacent to an activating group) is 2. The normalized spacial score (nSPS) is 15.9. The van der Waals surface area contributed by atoms with Crippen molar-refractivity contribution in [1.82, 2.24) is 20.4 Å². The summed E-state index contributed by atoms with van der Waals surface area (Å²) in [5, 5.41) is 12.1. The highest BCUT2D eigenvalue weighted by atomic mass is 15.2. The third-order valence-electron chi connectivity index (χ3n) is 4.51. The van der Waals surface area contributed by atoms with Crippen LogP contribution >= 0.6 is 0 Å². The molecule has 5 nitrogen and oxygen atoms in total. The zero-order valence-corrected chi connectivity index (χ0v) is 13.7. The van der Waals surface area contributed by atoms with Crippen molar-refractivity contribution in [2.45, 2.75) is 25.8 Å². The smallest absolute Gasteiger partial charge is 0.0841 e. The van der Waals surface area contributed by atoms with Gasteiger partial charge in [0.25, 0.3) is 0 Å². The first kappa shape index (κ1) is 15.3. The molecule has 1 aromatic heterocycles. The van der Waals surface area contributed by atoms with Gasteiger partial charge in [0.05, 0.1) is 11.2 Å². The third kappa shape index (κ3) is 3.42. The first-order valence-electron chi connectivity index (χ1n) is 8.33. The van der Waals surface area contributed by atoms with E-state index in [9.17, 15) is 0 Å². The number of aromatic amines is 1. The molecule has 1 fully saturated rings. The van der Waals surface area contributed by atoms with Gasteiger partial charge in [-0.2, -0.15) is 5.10 Å². The number of hydrogen-bond donors (Lipinski definition) is 2. The average Bonchev–Trinajstić information content (AvgIpc) is 2.96. The summed E-state index contributed by atoms with van der Waals surface area (Å²) >= 11 is 0. The molecular formula is C17H27N5. The minimum Gasteiger partial charge on any atom is -0.372 e. The maximum Gasteiger partial charge on any atom is 0.0841 e. The summed E-state index contributed by atoms with van der Waals surface area (Å²) in [5.74, 6) is 0. The molecule has 0 amide bonds. The molecule has 2 heterocycles. The number of aromatic nitrogens is 2. The fraction of sp³-hybridized carbons (Fsp3) is 0.588. The van der Waals surface area contributed by atoms with Gasteiger partial charge in [0.2, 0.25) is 0 Å². The van der Waals surface area contributed by atoms with Crippen molar-refractivity contribution in [3.63, 3.8) is 0 Å². The molecule has 120 valence electrons. The van der Waals surface area contributed by atoms with Gasteiger partial charge in [-0.3, -0.25) is 10.00 Å². The number of H-pyrrole nitrogens is 1. The van der Waals surface area contributed by atoms with Gasteiger partial charge in [-0.1, -0.05) is 0 Å². The van der Waals surface area contributed by atoms with Crippen LogP contribution in [0, 0.1) is 0 Å². The molecule has 1 aromatic carbocycles. The van der Waals surface area contributed by atoms with Gasteiger partial charge in [0.1, 0.15) is 0 Å². The van der Waals surface area contributed by atoms with Crippen LogP contribution in [-0.2, 0) is 6.54 Å². The predicted molar refractivity (Wildman–Crippen MR) is 92.4 cm³/mol. The van der Waals surface area contributed by atoms with Crippen LogP contribution in [0.5, 0.6) is 0 Å². The summed E-state index contributed by atoms with van der Waals surface area (Å²) in [5.41, 5.74) is 3.62. The monoisotopic (exact) mass is 301 g/mol. The number of benzene rings is 1. The summed E-state index contributed by atoms with van der Waals surface area (Å²) in [6.45, 7) is 5.27. The average molecular weight is 301 g/mol. The third-order valence-corrected chi connectivity index (χ3v) is 4.51. The van der Waals surface area contributed by atoms with Crippen LogP contribution in [0.3, 0.4) is 0 Å². The van der Waals surface area contributed by atoms with E-state index in [4.69, 9.17) is 0 Å². The van der Waals surface area contributed by atoms with Gasteiger partial charge in [-0.05, 0) is 51.6 Å². The second-order valence-electron chi connectivity index (χ2n) is 6.29. The van der Waals surface area contributed by atoms with E-state index in [1.165, 1.54) is 43.4 Å². The Labute approximate surface area is 132 Å². The first-order valence-corrected chi connectivity index (χ1v) is 8.33. The van der Waals surface area contributed by atoms with Crippen LogP contribution in [0.1, 0.15) is 25.0 Å². The van der Waals surface area contributed by atoms with Crippen molar-refractivity contribution in [1.29, 1.82) is 0 Å². The van der Waals surface area contributed by atoms with Crippen molar-refractivity contribution in [3.8, 4) is 0 Å². The SMILES string of the molecule is CNCCN(C)Cc1n[nH]c2ccc(N3CCCCC3)cc12. The van der Waals surface area contributed by atoms with Crippen LogP contribution < -0.4 is 10.2 Å². The Balaban J connectivity index is 1.79. The summed E-state index contributed by atoms with van der Waals surface area (Å²) in [4.78, 5) is 4.81. The molecule has 0 spiro atoms. The van der Waals surface area contributed by atoms with Crippen LogP contribution in [0.15, 0.2) is 18.2 Å². The van der Waals surface area contributed by atoms with Gasteiger partial charge in [-0.15, -0.1) is 0 Å². The zero-order chi connectivity index (χ0) is 15.4. The lowest BCUT2D eigenvalue weighted by Crippen LogP contribution is -2.29. The number of piperidine rings is 1. The Kier molecular flexibility index (Phi) is 4.95. The van der Waals surface area contributed by atoms with E-state index < -0.39 is 0 Å². The zero-order valence-electron chi connectivity index (χ0n) is 13.7. The number of nitrogens with one attached hydrogen (secondary N) is 2. The van der Waals surface area contributed by atoms with Crippen molar-refractivity contribution in [2.75, 3.05) is 45.2 Å². The van der Waals surface area contributed by atoms with E-state index >= 15 is 0 Å². The Hall–Kier alpha value is -1.59. The van der Waals surface area contributed by atoms with E-state index in [1.807, 2.05) is 7.05 Å². The van der Waals surface area contributed by atoms with Crippen LogP contribution in [0.2, 0.25) is 0 Å². The molecule has 0 bridgehead atoms. The largest absolute Gasteiger partial charge is 0.372 e. The van der Waals surface area contributed by atoms with E-state index in [0.717, 1.165) is 30.8 Å². The van der Waals surface area contributed by atoms with E-state index in [1.54, 1.807) is 0 Å². The van der Waals surface area contributed by atoms with Crippen LogP contribution in [-0.4, -0.2) is 55.4 Å². The lowest BCUT2D eigenvalue weighted by molar-refractivity contribution is 0.325. The van der Waals surface area contributed by atoms with Crippen LogP contribution in [0.4, 0.5) is 5.69 Å². The fourth-order valence-electron chi connectivity index (χ4n) is 3.16. The second kappa shape index (κ2) is 7.11. The lowest BCUT2D eigenvalue weighted by Gasteiger charge is -2.28. The molecule has 0 atom stereocenters. The number of nitrogens with zero attached hydrogens (tertiary/aromatic N) is 3. The molecule has 3 rings (SSSR count). The summed E-state index contributed by atoms with van der Waals surface area (Å²) in [6, 6.07) is 6.70. The highest BCUT2D eigenvalue weighted by Crippen LogP contribution is 2.26. The van der Waals surface area contributed by atoms with Gasteiger partial charge < -0.3 is 10.2 Å². The molecule has 22 heavy (non-hydrogen) atoms. The number of anilines is 1. The van der Waals surface area contributed by atoms with Gasteiger partial charge in [-0.25, -0.2) is 0 Å². The second-order valence-corrected chi connectivity index (χ2v) is 6.29. The summed E-state index contributed by atoms with van der Waals surface area (Å²) < 4.78 is 0. The Morgan fingerprint density at radius 2 is 2.09 bits per heavy atom. The maximum atomic E-state index is 4.52. The fourth-order valence-corrected chi connectivity index (χ4v) is 3.16. The highest BCUT2D eigenvalue weighted by molar-refractivity contribution is 5.85. The van der Waals surface area contributed by atoms with Crippen LogP contribution in [0.25, 0.3) is 10.9 Å². The van der Waals surface area contributed by atoms with Gasteiger partial charge in [0, 0.05) is 43.8 Å². The highest BCUT2D eigenvalue weighted by Gasteiger charge is 2.14. The Bertz CT molecular complexity index is 600. The molecular weight excluding hydrogens is 274 g/mol. The molecule has 0 radical (unpaired) electrons. The van der Waals surface area contributed by atoms with Crippen molar-refractivity contribution in [3.05, 3.63) is 23.9 Å². The number of fused-ring (bicyclic) bond motifs is 1. The van der Waals surface area contributed by atoms with E-state index in [-0.39, 0.29) is 0 Å². The standard InChI is InChI=1S/C17H27N5/c1-18-8-11-21(2)13-17-15-12-14(6-7-16(15)19-20-17)22-9-4-3-5-10-22/h6-7,12,18H,3-5,8-11,13H2,1-2H3,(H,19,20). The van der Waals surface area contributed by atoms with Crippen molar-refractivity contribution in [2.24, 2.45) is 0 Å². The molecule has 2 N–H and O–H groups in total. The maximum absolute atomic E-state index is 4.52. The van der Waals surface area contributed by atoms with E-state index in [0.29, 0.717) is 0 Å². The Morgan fingerprint density at radius 3 is 2.86 bits per heavy atom. The number of rotatable bonds is 6. The first-order chi connectivity index (χ1) is 10.8. The molecule has 0 aliphatic carbocycles. The molecule has 0 unspecified atom stereocenters. The van der Waals surface area contributed by atoms with E-state index in [2.05, 4.69) is 50.6 Å². The number of hydrogen-bond acceptors (Lipinski definition) is 4. The quantitative estimate of drug-likeness (QED) is 0.859. The Morgan fingerprint density at radius 1 is 1.27 bits per heavy atom. The molecule has 5 heteroatoms. The van der Waals surface area contributed by atoms with Gasteiger partial charge in [0.15, 0.2) is 0 Å². The van der Waals surface area contributed by atoms with Gasteiger partial charge >= 0.3 is 0 Å². The molecule has 1 saturated heterocycles. The molecule has 1 aliphatic heterocycles. The molecule has 0 saturated carbocycles. The molecule has 2 aromatic rings. The predicted octanol–water partition coefficient (Wildman–Crippen LogP) is 2.20.